The number of carbonyl (C=O) groups is 1. The van der Waals surface area contributed by atoms with E-state index in [1.165, 1.54) is 9.26 Å². The lowest BCUT2D eigenvalue weighted by molar-refractivity contribution is 0.0149. The molecule has 1 N–H and O–H groups in total. The molecule has 2 aliphatic rings. The first-order chi connectivity index (χ1) is 13.7. The Kier molecular flexibility index (Phi) is 7.67. The molecular weight excluding hydrogens is 481 g/mol. The van der Waals surface area contributed by atoms with Gasteiger partial charge in [-0.25, -0.2) is 4.79 Å². The summed E-state index contributed by atoms with van der Waals surface area (Å²) in [5.74, 6) is 0.563. The third-order valence-corrected chi connectivity index (χ3v) is 6.49. The molecule has 0 bridgehead atoms. The van der Waals surface area contributed by atoms with Crippen LogP contribution in [0, 0.1) is 9.49 Å². The largest absolute Gasteiger partial charge is 0.444 e. The molecule has 6 nitrogen and oxygen atoms in total. The number of rotatable bonds is 4. The summed E-state index contributed by atoms with van der Waals surface area (Å²) in [6, 6.07) is 8.76. The summed E-state index contributed by atoms with van der Waals surface area (Å²) >= 11 is 2.33. The lowest BCUT2D eigenvalue weighted by Gasteiger charge is -2.44. The number of ether oxygens (including phenoxy) is 1. The number of carbonyl (C=O) groups excluding carboxylic acids is 1. The number of nitrogens with zero attached hydrogens (tertiary/aromatic N) is 3. The average molecular weight is 515 g/mol. The van der Waals surface area contributed by atoms with E-state index in [0.717, 1.165) is 52.1 Å². The van der Waals surface area contributed by atoms with Gasteiger partial charge in [0.2, 0.25) is 0 Å². The lowest BCUT2D eigenvalue weighted by Crippen LogP contribution is -2.56. The minimum atomic E-state index is -0.445. The Morgan fingerprint density at radius 2 is 1.79 bits per heavy atom. The van der Waals surface area contributed by atoms with Crippen LogP contribution in [-0.2, 0) is 4.74 Å². The van der Waals surface area contributed by atoms with Crippen molar-refractivity contribution in [3.05, 3.63) is 27.8 Å². The van der Waals surface area contributed by atoms with Crippen LogP contribution in [0.15, 0.2) is 24.3 Å². The lowest BCUT2D eigenvalue weighted by atomic mass is 9.95. The molecule has 1 aromatic carbocycles. The molecule has 0 aliphatic carbocycles. The Labute approximate surface area is 188 Å². The topological polar surface area (TPSA) is 56.2 Å². The number of benzene rings is 1. The van der Waals surface area contributed by atoms with Gasteiger partial charge in [0.1, 0.15) is 5.60 Å². The zero-order chi connectivity index (χ0) is 21.0. The summed E-state index contributed by atoms with van der Waals surface area (Å²) in [4.78, 5) is 18.9. The van der Waals surface area contributed by atoms with Gasteiger partial charge in [-0.3, -0.25) is 4.90 Å². The number of anilines is 1. The van der Waals surface area contributed by atoms with Gasteiger partial charge in [-0.15, -0.1) is 0 Å². The van der Waals surface area contributed by atoms with Crippen molar-refractivity contribution in [1.82, 2.24) is 9.80 Å². The van der Waals surface area contributed by atoms with E-state index in [1.807, 2.05) is 25.7 Å². The number of hydrogen-bond acceptors (Lipinski definition) is 5. The van der Waals surface area contributed by atoms with Crippen LogP contribution in [0.4, 0.5) is 10.5 Å². The van der Waals surface area contributed by atoms with Gasteiger partial charge in [-0.1, -0.05) is 0 Å². The molecular formula is C22H34IN3O3. The fourth-order valence-corrected chi connectivity index (χ4v) is 4.51. The van der Waals surface area contributed by atoms with Crippen LogP contribution in [0.1, 0.15) is 33.6 Å². The molecule has 7 heteroatoms. The minimum Gasteiger partial charge on any atom is -0.444 e. The number of hydrogen-bond donors (Lipinski definition) is 1. The van der Waals surface area contributed by atoms with Crippen molar-refractivity contribution in [3.63, 3.8) is 0 Å². The Bertz CT molecular complexity index is 669. The summed E-state index contributed by atoms with van der Waals surface area (Å²) < 4.78 is 6.73. The van der Waals surface area contributed by atoms with Crippen molar-refractivity contribution in [2.24, 2.45) is 5.92 Å². The Balaban J connectivity index is 1.48. The molecule has 29 heavy (non-hydrogen) atoms. The zero-order valence-corrected chi connectivity index (χ0v) is 20.0. The Morgan fingerprint density at radius 1 is 1.14 bits per heavy atom. The molecule has 2 aliphatic heterocycles. The SMILES string of the molecule is CC(C)(C)OC(=O)N1CCC(CN2CCN(c3ccc(I)cc3)CC2CO)CC1. The van der Waals surface area contributed by atoms with E-state index in [4.69, 9.17) is 4.74 Å². The van der Waals surface area contributed by atoms with Gasteiger partial charge in [0.15, 0.2) is 0 Å². The molecule has 3 rings (SSSR count). The zero-order valence-electron chi connectivity index (χ0n) is 17.8. The van der Waals surface area contributed by atoms with Crippen molar-refractivity contribution in [3.8, 4) is 0 Å². The second kappa shape index (κ2) is 9.83. The van der Waals surface area contributed by atoms with Gasteiger partial charge in [-0.05, 0) is 86.4 Å². The number of halogens is 1. The molecule has 2 fully saturated rings. The molecule has 1 aromatic rings. The molecule has 1 amide bonds. The first-order valence-corrected chi connectivity index (χ1v) is 11.7. The van der Waals surface area contributed by atoms with E-state index in [-0.39, 0.29) is 18.7 Å². The normalized spacial score (nSPS) is 22.0. The van der Waals surface area contributed by atoms with Gasteiger partial charge in [0, 0.05) is 48.5 Å². The maximum Gasteiger partial charge on any atom is 0.410 e. The maximum atomic E-state index is 12.3. The van der Waals surface area contributed by atoms with Crippen molar-refractivity contribution >= 4 is 34.4 Å². The van der Waals surface area contributed by atoms with Crippen LogP contribution in [0.25, 0.3) is 0 Å². The molecule has 1 unspecified atom stereocenters. The highest BCUT2D eigenvalue weighted by atomic mass is 127. The van der Waals surface area contributed by atoms with E-state index in [1.54, 1.807) is 0 Å². The highest BCUT2D eigenvalue weighted by Crippen LogP contribution is 2.25. The standard InChI is InChI=1S/C22H34IN3O3/c1-22(2,3)29-21(28)24-10-8-17(9-11-24)14-25-12-13-26(15-20(25)16-27)19-6-4-18(23)5-7-19/h4-7,17,20,27H,8-16H2,1-3H3. The molecule has 0 radical (unpaired) electrons. The highest BCUT2D eigenvalue weighted by molar-refractivity contribution is 14.1. The van der Waals surface area contributed by atoms with Crippen molar-refractivity contribution in [2.45, 2.75) is 45.3 Å². The van der Waals surface area contributed by atoms with Gasteiger partial charge in [0.05, 0.1) is 12.6 Å². The van der Waals surface area contributed by atoms with Crippen LogP contribution in [-0.4, -0.2) is 78.5 Å². The average Bonchev–Trinajstić information content (AvgIpc) is 2.68. The quantitative estimate of drug-likeness (QED) is 0.624. The highest BCUT2D eigenvalue weighted by Gasteiger charge is 2.31. The van der Waals surface area contributed by atoms with Crippen LogP contribution in [0.2, 0.25) is 0 Å². The van der Waals surface area contributed by atoms with Crippen LogP contribution >= 0.6 is 22.6 Å². The molecule has 1 atom stereocenters. The smallest absolute Gasteiger partial charge is 0.410 e. The van der Waals surface area contributed by atoms with Gasteiger partial charge < -0.3 is 19.6 Å². The monoisotopic (exact) mass is 515 g/mol. The summed E-state index contributed by atoms with van der Waals surface area (Å²) in [5, 5.41) is 9.98. The third-order valence-electron chi connectivity index (χ3n) is 5.77. The molecule has 2 heterocycles. The fourth-order valence-electron chi connectivity index (χ4n) is 4.15. The maximum absolute atomic E-state index is 12.3. The van der Waals surface area contributed by atoms with E-state index < -0.39 is 5.60 Å². The summed E-state index contributed by atoms with van der Waals surface area (Å²) in [6.07, 6.45) is 1.79. The second-order valence-corrected chi connectivity index (χ2v) is 10.4. The molecule has 0 saturated carbocycles. The number of likely N-dealkylation sites (tertiary alicyclic amines) is 1. The third kappa shape index (κ3) is 6.46. The van der Waals surface area contributed by atoms with Gasteiger partial charge in [0.25, 0.3) is 0 Å². The number of aliphatic hydroxyl groups excluding tert-OH is 1. The van der Waals surface area contributed by atoms with E-state index >= 15 is 0 Å². The van der Waals surface area contributed by atoms with Crippen LogP contribution < -0.4 is 4.90 Å². The number of piperazine rings is 1. The van der Waals surface area contributed by atoms with Gasteiger partial charge in [-0.2, -0.15) is 0 Å². The molecule has 2 saturated heterocycles. The second-order valence-electron chi connectivity index (χ2n) is 9.16. The van der Waals surface area contributed by atoms with E-state index in [0.29, 0.717) is 5.92 Å². The number of piperidine rings is 1. The van der Waals surface area contributed by atoms with Gasteiger partial charge >= 0.3 is 6.09 Å². The molecule has 162 valence electrons. The first kappa shape index (κ1) is 22.6. The van der Waals surface area contributed by atoms with E-state index in [9.17, 15) is 9.90 Å². The van der Waals surface area contributed by atoms with Crippen molar-refractivity contribution in [1.29, 1.82) is 0 Å². The van der Waals surface area contributed by atoms with Crippen LogP contribution in [0.3, 0.4) is 0 Å². The predicted molar refractivity (Wildman–Crippen MR) is 124 cm³/mol. The minimum absolute atomic E-state index is 0.159. The molecule has 0 spiro atoms. The van der Waals surface area contributed by atoms with Crippen molar-refractivity contribution in [2.75, 3.05) is 50.8 Å². The summed E-state index contributed by atoms with van der Waals surface area (Å²) in [5.41, 5.74) is 0.785. The summed E-state index contributed by atoms with van der Waals surface area (Å²) in [6.45, 7) is 11.2. The van der Waals surface area contributed by atoms with E-state index in [2.05, 4.69) is 56.7 Å². The number of aliphatic hydroxyl groups is 1. The summed E-state index contributed by atoms with van der Waals surface area (Å²) in [7, 11) is 0. The first-order valence-electron chi connectivity index (χ1n) is 10.6. The van der Waals surface area contributed by atoms with Crippen molar-refractivity contribution < 1.29 is 14.6 Å². The Morgan fingerprint density at radius 3 is 2.38 bits per heavy atom. The predicted octanol–water partition coefficient (Wildman–Crippen LogP) is 3.42. The fraction of sp³-hybridized carbons (Fsp3) is 0.682. The number of amides is 1. The van der Waals surface area contributed by atoms with Crippen LogP contribution in [0.5, 0.6) is 0 Å². The Hall–Kier alpha value is -1.06. The molecule has 0 aromatic heterocycles.